The molecule has 2 N–H and O–H groups in total. The van der Waals surface area contributed by atoms with Crippen LogP contribution in [0.4, 0.5) is 9.59 Å². The number of carbonyl (C=O) groups excluding carboxylic acids is 2. The summed E-state index contributed by atoms with van der Waals surface area (Å²) in [5, 5.41) is 5.53. The Hall–Kier alpha value is -2.24. The SMILES string of the molecule is C[C@@H](CCCCNC(=O)OCc1ccccc1)NC(=O)OC(C)(C)C. The Balaban J connectivity index is 2.05. The van der Waals surface area contributed by atoms with Crippen LogP contribution in [0.15, 0.2) is 30.3 Å². The van der Waals surface area contributed by atoms with E-state index in [2.05, 4.69) is 10.6 Å². The fourth-order valence-electron chi connectivity index (χ4n) is 2.12. The molecule has 25 heavy (non-hydrogen) atoms. The van der Waals surface area contributed by atoms with E-state index >= 15 is 0 Å². The van der Waals surface area contributed by atoms with E-state index in [0.717, 1.165) is 24.8 Å². The van der Waals surface area contributed by atoms with Crippen molar-refractivity contribution in [2.45, 2.75) is 65.2 Å². The molecule has 6 nitrogen and oxygen atoms in total. The average molecular weight is 350 g/mol. The van der Waals surface area contributed by atoms with E-state index in [-0.39, 0.29) is 12.6 Å². The van der Waals surface area contributed by atoms with Gasteiger partial charge in [0.25, 0.3) is 0 Å². The molecular weight excluding hydrogens is 320 g/mol. The first-order valence-corrected chi connectivity index (χ1v) is 8.70. The van der Waals surface area contributed by atoms with E-state index in [1.54, 1.807) is 0 Å². The van der Waals surface area contributed by atoms with E-state index in [9.17, 15) is 9.59 Å². The zero-order chi connectivity index (χ0) is 18.7. The fourth-order valence-corrected chi connectivity index (χ4v) is 2.12. The second-order valence-corrected chi connectivity index (χ2v) is 7.03. The molecule has 0 unspecified atom stereocenters. The molecule has 6 heteroatoms. The van der Waals surface area contributed by atoms with Crippen LogP contribution in [0, 0.1) is 0 Å². The highest BCUT2D eigenvalue weighted by Gasteiger charge is 2.17. The van der Waals surface area contributed by atoms with Gasteiger partial charge < -0.3 is 20.1 Å². The van der Waals surface area contributed by atoms with E-state index in [0.29, 0.717) is 6.54 Å². The Morgan fingerprint density at radius 2 is 1.76 bits per heavy atom. The topological polar surface area (TPSA) is 76.7 Å². The second kappa shape index (κ2) is 10.6. The number of benzene rings is 1. The number of unbranched alkanes of at least 4 members (excludes halogenated alkanes) is 1. The van der Waals surface area contributed by atoms with Gasteiger partial charge in [0.15, 0.2) is 0 Å². The van der Waals surface area contributed by atoms with Crippen molar-refractivity contribution in [3.8, 4) is 0 Å². The van der Waals surface area contributed by atoms with Gasteiger partial charge in [0.1, 0.15) is 12.2 Å². The number of alkyl carbamates (subject to hydrolysis) is 2. The van der Waals surface area contributed by atoms with Crippen molar-refractivity contribution in [1.29, 1.82) is 0 Å². The van der Waals surface area contributed by atoms with E-state index in [1.165, 1.54) is 0 Å². The van der Waals surface area contributed by atoms with Crippen molar-refractivity contribution in [3.63, 3.8) is 0 Å². The summed E-state index contributed by atoms with van der Waals surface area (Å²) in [7, 11) is 0. The molecule has 0 saturated heterocycles. The Labute approximate surface area is 150 Å². The molecule has 0 fully saturated rings. The lowest BCUT2D eigenvalue weighted by molar-refractivity contribution is 0.0506. The third kappa shape index (κ3) is 11.0. The molecule has 0 heterocycles. The van der Waals surface area contributed by atoms with E-state index in [1.807, 2.05) is 58.0 Å². The van der Waals surface area contributed by atoms with Crippen molar-refractivity contribution in [2.24, 2.45) is 0 Å². The van der Waals surface area contributed by atoms with E-state index in [4.69, 9.17) is 9.47 Å². The van der Waals surface area contributed by atoms with Crippen LogP contribution in [0.5, 0.6) is 0 Å². The predicted molar refractivity (Wildman–Crippen MR) is 97.3 cm³/mol. The highest BCUT2D eigenvalue weighted by molar-refractivity contribution is 5.68. The summed E-state index contributed by atoms with van der Waals surface area (Å²) in [6.45, 7) is 8.25. The number of amides is 2. The molecule has 0 aromatic heterocycles. The third-order valence-corrected chi connectivity index (χ3v) is 3.31. The highest BCUT2D eigenvalue weighted by Crippen LogP contribution is 2.08. The molecule has 1 aromatic rings. The summed E-state index contributed by atoms with van der Waals surface area (Å²) in [5.74, 6) is 0. The van der Waals surface area contributed by atoms with Crippen molar-refractivity contribution < 1.29 is 19.1 Å². The van der Waals surface area contributed by atoms with Crippen LogP contribution >= 0.6 is 0 Å². The summed E-state index contributed by atoms with van der Waals surface area (Å²) < 4.78 is 10.3. The summed E-state index contributed by atoms with van der Waals surface area (Å²) in [6.07, 6.45) is 1.71. The Morgan fingerprint density at radius 3 is 2.40 bits per heavy atom. The standard InChI is InChI=1S/C19H30N2O4/c1-15(21-18(23)25-19(2,3)4)10-8-9-13-20-17(22)24-14-16-11-6-5-7-12-16/h5-7,11-12,15H,8-10,13-14H2,1-4H3,(H,20,22)(H,21,23)/t15-/m0/s1. The number of carbonyl (C=O) groups is 2. The van der Waals surface area contributed by atoms with Crippen LogP contribution in [0.25, 0.3) is 0 Å². The maximum absolute atomic E-state index is 11.6. The van der Waals surface area contributed by atoms with Gasteiger partial charge in [-0.05, 0) is 52.5 Å². The van der Waals surface area contributed by atoms with Crippen LogP contribution in [0.2, 0.25) is 0 Å². The van der Waals surface area contributed by atoms with E-state index < -0.39 is 17.8 Å². The van der Waals surface area contributed by atoms with Gasteiger partial charge in [-0.2, -0.15) is 0 Å². The van der Waals surface area contributed by atoms with Gasteiger partial charge in [0.2, 0.25) is 0 Å². The smallest absolute Gasteiger partial charge is 0.407 e. The number of hydrogen-bond donors (Lipinski definition) is 2. The molecule has 1 aromatic carbocycles. The number of ether oxygens (including phenoxy) is 2. The third-order valence-electron chi connectivity index (χ3n) is 3.31. The number of nitrogens with one attached hydrogen (secondary N) is 2. The lowest BCUT2D eigenvalue weighted by Crippen LogP contribution is -2.37. The molecule has 1 atom stereocenters. The first-order valence-electron chi connectivity index (χ1n) is 8.70. The molecule has 140 valence electrons. The molecule has 2 amide bonds. The largest absolute Gasteiger partial charge is 0.445 e. The zero-order valence-corrected chi connectivity index (χ0v) is 15.6. The second-order valence-electron chi connectivity index (χ2n) is 7.03. The maximum Gasteiger partial charge on any atom is 0.407 e. The molecule has 0 aliphatic carbocycles. The van der Waals surface area contributed by atoms with Gasteiger partial charge >= 0.3 is 12.2 Å². The minimum absolute atomic E-state index is 0.0277. The van der Waals surface area contributed by atoms with Gasteiger partial charge in [-0.15, -0.1) is 0 Å². The Kier molecular flexibility index (Phi) is 8.81. The summed E-state index contributed by atoms with van der Waals surface area (Å²) in [6, 6.07) is 9.58. The predicted octanol–water partition coefficient (Wildman–Crippen LogP) is 4.00. The van der Waals surface area contributed by atoms with Gasteiger partial charge in [-0.3, -0.25) is 0 Å². The number of hydrogen-bond acceptors (Lipinski definition) is 4. The molecule has 0 spiro atoms. The van der Waals surface area contributed by atoms with Crippen LogP contribution < -0.4 is 10.6 Å². The molecule has 1 rings (SSSR count). The average Bonchev–Trinajstić information content (AvgIpc) is 2.51. The minimum Gasteiger partial charge on any atom is -0.445 e. The maximum atomic E-state index is 11.6. The zero-order valence-electron chi connectivity index (χ0n) is 15.6. The van der Waals surface area contributed by atoms with Crippen molar-refractivity contribution in [1.82, 2.24) is 10.6 Å². The minimum atomic E-state index is -0.492. The summed E-state index contributed by atoms with van der Waals surface area (Å²) >= 11 is 0. The van der Waals surface area contributed by atoms with Crippen LogP contribution in [0.1, 0.15) is 52.5 Å². The van der Waals surface area contributed by atoms with Gasteiger partial charge in [0, 0.05) is 12.6 Å². The lowest BCUT2D eigenvalue weighted by Gasteiger charge is -2.21. The van der Waals surface area contributed by atoms with Gasteiger partial charge in [-0.25, -0.2) is 9.59 Å². The van der Waals surface area contributed by atoms with Crippen LogP contribution in [0.3, 0.4) is 0 Å². The molecule has 0 aliphatic heterocycles. The molecule has 0 radical (unpaired) electrons. The lowest BCUT2D eigenvalue weighted by atomic mass is 10.1. The Bertz CT molecular complexity index is 526. The van der Waals surface area contributed by atoms with Crippen LogP contribution in [-0.4, -0.2) is 30.4 Å². The molecule has 0 saturated carbocycles. The molecular formula is C19H30N2O4. The summed E-state index contributed by atoms with van der Waals surface area (Å²) in [5.41, 5.74) is 0.466. The monoisotopic (exact) mass is 350 g/mol. The normalized spacial score (nSPS) is 12.2. The summed E-state index contributed by atoms with van der Waals surface area (Å²) in [4.78, 5) is 23.2. The first-order chi connectivity index (χ1) is 11.8. The van der Waals surface area contributed by atoms with Gasteiger partial charge in [0.05, 0.1) is 0 Å². The quantitative estimate of drug-likeness (QED) is 0.695. The van der Waals surface area contributed by atoms with Crippen molar-refractivity contribution in [2.75, 3.05) is 6.54 Å². The highest BCUT2D eigenvalue weighted by atomic mass is 16.6. The van der Waals surface area contributed by atoms with Crippen LogP contribution in [-0.2, 0) is 16.1 Å². The number of rotatable bonds is 8. The molecule has 0 bridgehead atoms. The molecule has 0 aliphatic rings. The fraction of sp³-hybridized carbons (Fsp3) is 0.579. The first kappa shape index (κ1) is 20.8. The Morgan fingerprint density at radius 1 is 1.08 bits per heavy atom. The van der Waals surface area contributed by atoms with Gasteiger partial charge in [-0.1, -0.05) is 30.3 Å². The van der Waals surface area contributed by atoms with Crippen molar-refractivity contribution in [3.05, 3.63) is 35.9 Å². The van der Waals surface area contributed by atoms with Crippen molar-refractivity contribution >= 4 is 12.2 Å².